The Kier molecular flexibility index (Phi) is 4.01. The van der Waals surface area contributed by atoms with Gasteiger partial charge in [-0.1, -0.05) is 6.07 Å². The van der Waals surface area contributed by atoms with Gasteiger partial charge in [-0.3, -0.25) is 10.1 Å². The summed E-state index contributed by atoms with van der Waals surface area (Å²) in [6.45, 7) is 1.35. The summed E-state index contributed by atoms with van der Waals surface area (Å²) in [6.07, 6.45) is -1.07. The highest BCUT2D eigenvalue weighted by atomic mass is 32.1. The van der Waals surface area contributed by atoms with Crippen molar-refractivity contribution in [1.29, 1.82) is 0 Å². The second-order valence-corrected chi connectivity index (χ2v) is 3.83. The summed E-state index contributed by atoms with van der Waals surface area (Å²) in [5, 5.41) is 3.53. The minimum atomic E-state index is -1.07. The average Bonchev–Trinajstić information content (AvgIpc) is 2.68. The first kappa shape index (κ1) is 12.2. The predicted molar refractivity (Wildman–Crippen MR) is 56.9 cm³/mol. The minimum absolute atomic E-state index is 0.388. The van der Waals surface area contributed by atoms with E-state index in [0.29, 0.717) is 4.88 Å². The number of urea groups is 1. The van der Waals surface area contributed by atoms with Gasteiger partial charge in [-0.2, -0.15) is 0 Å². The van der Waals surface area contributed by atoms with Gasteiger partial charge in [0.1, 0.15) is 4.88 Å². The van der Waals surface area contributed by atoms with Gasteiger partial charge in [0.05, 0.1) is 0 Å². The van der Waals surface area contributed by atoms with E-state index < -0.39 is 24.0 Å². The maximum Gasteiger partial charge on any atom is 0.349 e. The number of esters is 1. The number of ether oxygens (including phenoxy) is 1. The van der Waals surface area contributed by atoms with E-state index in [4.69, 9.17) is 10.5 Å². The summed E-state index contributed by atoms with van der Waals surface area (Å²) >= 11 is 1.20. The molecule has 1 atom stereocenters. The highest BCUT2D eigenvalue weighted by Gasteiger charge is 2.20. The molecule has 1 heterocycles. The third-order valence-corrected chi connectivity index (χ3v) is 2.47. The zero-order valence-electron chi connectivity index (χ0n) is 8.43. The molecule has 0 saturated carbocycles. The Balaban J connectivity index is 2.51. The fraction of sp³-hybridized carbons (Fsp3) is 0.222. The molecule has 6 nitrogen and oxygen atoms in total. The number of imide groups is 1. The van der Waals surface area contributed by atoms with Gasteiger partial charge in [-0.05, 0) is 18.4 Å². The standard InChI is InChI=1S/C9H10N2O4S/c1-5(7(12)11-9(10)14)15-8(13)6-3-2-4-16-6/h2-5H,1H3,(H3,10,11,12,14). The maximum atomic E-state index is 11.4. The van der Waals surface area contributed by atoms with E-state index in [1.165, 1.54) is 18.3 Å². The van der Waals surface area contributed by atoms with Crippen molar-refractivity contribution in [2.45, 2.75) is 13.0 Å². The number of hydrogen-bond donors (Lipinski definition) is 2. The van der Waals surface area contributed by atoms with Crippen LogP contribution in [0.2, 0.25) is 0 Å². The van der Waals surface area contributed by atoms with Crippen molar-refractivity contribution in [1.82, 2.24) is 5.32 Å². The molecule has 0 aliphatic carbocycles. The summed E-state index contributed by atoms with van der Waals surface area (Å²) in [5.41, 5.74) is 4.75. The van der Waals surface area contributed by atoms with E-state index in [1.54, 1.807) is 17.5 Å². The molecule has 0 fully saturated rings. The molecule has 3 amide bonds. The Morgan fingerprint density at radius 1 is 1.50 bits per heavy atom. The molecule has 16 heavy (non-hydrogen) atoms. The second-order valence-electron chi connectivity index (χ2n) is 2.88. The van der Waals surface area contributed by atoms with E-state index in [0.717, 1.165) is 0 Å². The van der Waals surface area contributed by atoms with Crippen LogP contribution in [0.5, 0.6) is 0 Å². The van der Waals surface area contributed by atoms with Crippen LogP contribution in [0.15, 0.2) is 17.5 Å². The largest absolute Gasteiger partial charge is 0.448 e. The second kappa shape index (κ2) is 5.26. The summed E-state index contributed by atoms with van der Waals surface area (Å²) in [6, 6.07) is 2.28. The van der Waals surface area contributed by atoms with E-state index >= 15 is 0 Å². The highest BCUT2D eigenvalue weighted by molar-refractivity contribution is 7.11. The van der Waals surface area contributed by atoms with Gasteiger partial charge in [-0.25, -0.2) is 9.59 Å². The molecule has 1 aromatic rings. The normalized spacial score (nSPS) is 11.6. The van der Waals surface area contributed by atoms with Crippen LogP contribution in [0.25, 0.3) is 0 Å². The molecule has 0 spiro atoms. The molecule has 0 aromatic carbocycles. The average molecular weight is 242 g/mol. The van der Waals surface area contributed by atoms with Crippen molar-refractivity contribution >= 4 is 29.2 Å². The van der Waals surface area contributed by atoms with Gasteiger partial charge in [0, 0.05) is 0 Å². The number of rotatable bonds is 3. The predicted octanol–water partition coefficient (Wildman–Crippen LogP) is 0.488. The van der Waals surface area contributed by atoms with E-state index in [-0.39, 0.29) is 0 Å². The lowest BCUT2D eigenvalue weighted by molar-refractivity contribution is -0.127. The lowest BCUT2D eigenvalue weighted by Gasteiger charge is -2.10. The zero-order chi connectivity index (χ0) is 12.1. The summed E-state index contributed by atoms with van der Waals surface area (Å²) < 4.78 is 4.81. The van der Waals surface area contributed by atoms with Crippen LogP contribution in [-0.2, 0) is 9.53 Å². The molecule has 0 saturated heterocycles. The Morgan fingerprint density at radius 3 is 2.69 bits per heavy atom. The maximum absolute atomic E-state index is 11.4. The molecule has 3 N–H and O–H groups in total. The van der Waals surface area contributed by atoms with Crippen LogP contribution in [-0.4, -0.2) is 24.0 Å². The molecule has 1 rings (SSSR count). The number of thiophene rings is 1. The number of carbonyl (C=O) groups excluding carboxylic acids is 3. The Hall–Kier alpha value is -1.89. The van der Waals surface area contributed by atoms with Crippen molar-refractivity contribution < 1.29 is 19.1 Å². The Labute approximate surface area is 95.4 Å². The van der Waals surface area contributed by atoms with Crippen LogP contribution in [0, 0.1) is 0 Å². The summed E-state index contributed by atoms with van der Waals surface area (Å²) in [4.78, 5) is 33.3. The molecule has 0 bridgehead atoms. The smallest absolute Gasteiger partial charge is 0.349 e. The fourth-order valence-electron chi connectivity index (χ4n) is 0.890. The number of amides is 3. The Morgan fingerprint density at radius 2 is 2.19 bits per heavy atom. The lowest BCUT2D eigenvalue weighted by atomic mass is 10.3. The van der Waals surface area contributed by atoms with E-state index in [2.05, 4.69) is 0 Å². The first-order valence-electron chi connectivity index (χ1n) is 4.35. The summed E-state index contributed by atoms with van der Waals surface area (Å²) in [5.74, 6) is -1.36. The van der Waals surface area contributed by atoms with Crippen LogP contribution in [0.4, 0.5) is 4.79 Å². The lowest BCUT2D eigenvalue weighted by Crippen LogP contribution is -2.42. The Bertz CT molecular complexity index is 402. The first-order valence-corrected chi connectivity index (χ1v) is 5.23. The van der Waals surface area contributed by atoms with Gasteiger partial charge < -0.3 is 10.5 Å². The van der Waals surface area contributed by atoms with E-state index in [1.807, 2.05) is 5.32 Å². The van der Waals surface area contributed by atoms with Crippen LogP contribution in [0.3, 0.4) is 0 Å². The van der Waals surface area contributed by atoms with Gasteiger partial charge in [0.15, 0.2) is 6.10 Å². The third-order valence-electron chi connectivity index (χ3n) is 1.62. The van der Waals surface area contributed by atoms with Crippen molar-refractivity contribution in [3.8, 4) is 0 Å². The molecular formula is C9H10N2O4S. The number of carbonyl (C=O) groups is 3. The molecule has 0 radical (unpaired) electrons. The molecule has 0 aliphatic heterocycles. The topological polar surface area (TPSA) is 98.5 Å². The number of hydrogen-bond acceptors (Lipinski definition) is 5. The zero-order valence-corrected chi connectivity index (χ0v) is 9.24. The van der Waals surface area contributed by atoms with Crippen LogP contribution in [0.1, 0.15) is 16.6 Å². The van der Waals surface area contributed by atoms with Gasteiger partial charge in [-0.15, -0.1) is 11.3 Å². The van der Waals surface area contributed by atoms with Crippen LogP contribution >= 0.6 is 11.3 Å². The quantitative estimate of drug-likeness (QED) is 0.753. The van der Waals surface area contributed by atoms with E-state index in [9.17, 15) is 14.4 Å². The van der Waals surface area contributed by atoms with Gasteiger partial charge in [0.2, 0.25) is 0 Å². The highest BCUT2D eigenvalue weighted by Crippen LogP contribution is 2.11. The van der Waals surface area contributed by atoms with Crippen molar-refractivity contribution in [2.75, 3.05) is 0 Å². The van der Waals surface area contributed by atoms with Gasteiger partial charge >= 0.3 is 12.0 Å². The molecule has 86 valence electrons. The molecule has 0 aliphatic rings. The minimum Gasteiger partial charge on any atom is -0.448 e. The molecular weight excluding hydrogens is 232 g/mol. The number of nitrogens with two attached hydrogens (primary N) is 1. The molecule has 1 aromatic heterocycles. The molecule has 1 unspecified atom stereocenters. The third kappa shape index (κ3) is 3.35. The molecule has 7 heteroatoms. The SMILES string of the molecule is CC(OC(=O)c1cccs1)C(=O)NC(N)=O. The number of primary amides is 1. The van der Waals surface area contributed by atoms with Crippen molar-refractivity contribution in [3.05, 3.63) is 22.4 Å². The summed E-state index contributed by atoms with van der Waals surface area (Å²) in [7, 11) is 0. The van der Waals surface area contributed by atoms with Crippen molar-refractivity contribution in [2.24, 2.45) is 5.73 Å². The first-order chi connectivity index (χ1) is 7.50. The van der Waals surface area contributed by atoms with Gasteiger partial charge in [0.25, 0.3) is 5.91 Å². The van der Waals surface area contributed by atoms with Crippen molar-refractivity contribution in [3.63, 3.8) is 0 Å². The number of nitrogens with one attached hydrogen (secondary N) is 1. The monoisotopic (exact) mass is 242 g/mol. The van der Waals surface area contributed by atoms with Crippen LogP contribution < -0.4 is 11.1 Å². The fourth-order valence-corrected chi connectivity index (χ4v) is 1.50.